The zero-order valence-electron chi connectivity index (χ0n) is 7.66. The molecule has 1 heterocycles. The number of aryl methyl sites for hydroxylation is 1. The molecule has 0 saturated carbocycles. The van der Waals surface area contributed by atoms with Crippen molar-refractivity contribution < 1.29 is 4.52 Å². The van der Waals surface area contributed by atoms with Crippen LogP contribution in [0.15, 0.2) is 27.2 Å². The lowest BCUT2D eigenvalue weighted by Crippen LogP contribution is -1.99. The minimum absolute atomic E-state index is 0.677. The highest BCUT2D eigenvalue weighted by Crippen LogP contribution is 2.25. The van der Waals surface area contributed by atoms with Gasteiger partial charge < -0.3 is 10.3 Å². The van der Waals surface area contributed by atoms with Crippen LogP contribution in [0.1, 0.15) is 12.2 Å². The highest BCUT2D eigenvalue weighted by Gasteiger charge is 2.09. The molecular weight excluding hydrogens is 244 g/mol. The van der Waals surface area contributed by atoms with Crippen LogP contribution in [-0.4, -0.2) is 11.7 Å². The molecule has 0 amide bonds. The Morgan fingerprint density at radius 1 is 1.43 bits per heavy atom. The van der Waals surface area contributed by atoms with E-state index in [9.17, 15) is 0 Å². The number of nitrogens with two attached hydrogens (primary N) is 1. The van der Waals surface area contributed by atoms with Gasteiger partial charge in [0.05, 0.1) is 0 Å². The Balaban J connectivity index is 2.42. The zero-order valence-corrected chi connectivity index (χ0v) is 9.25. The molecule has 74 valence electrons. The first-order valence-corrected chi connectivity index (χ1v) is 5.35. The Labute approximate surface area is 90.4 Å². The van der Waals surface area contributed by atoms with E-state index in [2.05, 4.69) is 21.1 Å². The van der Waals surface area contributed by atoms with Crippen LogP contribution in [0.4, 0.5) is 0 Å². The molecule has 1 aromatic heterocycles. The van der Waals surface area contributed by atoms with E-state index < -0.39 is 0 Å². The monoisotopic (exact) mass is 254 g/mol. The summed E-state index contributed by atoms with van der Waals surface area (Å²) in [5.74, 6) is 0.923. The van der Waals surface area contributed by atoms with Crippen molar-refractivity contribution in [3.63, 3.8) is 0 Å². The maximum Gasteiger partial charge on any atom is 0.144 e. The lowest BCUT2D eigenvalue weighted by Gasteiger charge is -1.94. The van der Waals surface area contributed by atoms with Crippen LogP contribution in [0, 0.1) is 0 Å². The third kappa shape index (κ3) is 1.67. The molecule has 0 unspecified atom stereocenters. The second kappa shape index (κ2) is 4.11. The van der Waals surface area contributed by atoms with E-state index in [-0.39, 0.29) is 0 Å². The predicted molar refractivity (Wildman–Crippen MR) is 59.1 cm³/mol. The predicted octanol–water partition coefficient (Wildman–Crippen LogP) is 2.48. The van der Waals surface area contributed by atoms with Gasteiger partial charge in [-0.05, 0) is 41.0 Å². The van der Waals surface area contributed by atoms with E-state index in [1.165, 1.54) is 0 Å². The van der Waals surface area contributed by atoms with Gasteiger partial charge in [0.1, 0.15) is 11.3 Å². The van der Waals surface area contributed by atoms with Gasteiger partial charge >= 0.3 is 0 Å². The van der Waals surface area contributed by atoms with Crippen LogP contribution in [0.2, 0.25) is 0 Å². The molecule has 14 heavy (non-hydrogen) atoms. The van der Waals surface area contributed by atoms with Gasteiger partial charge in [0, 0.05) is 16.3 Å². The van der Waals surface area contributed by atoms with Crippen LogP contribution < -0.4 is 5.73 Å². The number of aromatic nitrogens is 1. The van der Waals surface area contributed by atoms with E-state index in [1.54, 1.807) is 0 Å². The number of hydrogen-bond acceptors (Lipinski definition) is 3. The standard InChI is InChI=1S/C10H11BrN2O/c11-8-4-1-3-7-9(5-2-6-12)14-13-10(7)8/h1,3-4H,2,5-6,12H2. The van der Waals surface area contributed by atoms with E-state index >= 15 is 0 Å². The minimum atomic E-state index is 0.677. The lowest BCUT2D eigenvalue weighted by atomic mass is 10.1. The smallest absolute Gasteiger partial charge is 0.144 e. The summed E-state index contributed by atoms with van der Waals surface area (Å²) in [6.45, 7) is 0.677. The summed E-state index contributed by atoms with van der Waals surface area (Å²) < 4.78 is 6.23. The van der Waals surface area contributed by atoms with E-state index in [4.69, 9.17) is 10.3 Å². The molecule has 0 radical (unpaired) electrons. The van der Waals surface area contributed by atoms with Crippen molar-refractivity contribution in [2.45, 2.75) is 12.8 Å². The molecule has 3 nitrogen and oxygen atoms in total. The largest absolute Gasteiger partial charge is 0.360 e. The molecule has 0 aliphatic rings. The van der Waals surface area contributed by atoms with Crippen molar-refractivity contribution in [3.8, 4) is 0 Å². The molecule has 4 heteroatoms. The molecule has 0 aliphatic carbocycles. The molecule has 0 aliphatic heterocycles. The fourth-order valence-corrected chi connectivity index (χ4v) is 1.86. The van der Waals surface area contributed by atoms with Crippen LogP contribution >= 0.6 is 15.9 Å². The van der Waals surface area contributed by atoms with Crippen molar-refractivity contribution in [1.29, 1.82) is 0 Å². The average molecular weight is 255 g/mol. The Kier molecular flexibility index (Phi) is 2.84. The lowest BCUT2D eigenvalue weighted by molar-refractivity contribution is 0.389. The Morgan fingerprint density at radius 3 is 3.07 bits per heavy atom. The second-order valence-corrected chi connectivity index (χ2v) is 3.99. The number of halogens is 1. The van der Waals surface area contributed by atoms with Crippen LogP contribution in [-0.2, 0) is 6.42 Å². The maximum absolute atomic E-state index is 5.45. The fraction of sp³-hybridized carbons (Fsp3) is 0.300. The van der Waals surface area contributed by atoms with Crippen molar-refractivity contribution in [2.24, 2.45) is 5.73 Å². The summed E-state index contributed by atoms with van der Waals surface area (Å²) in [7, 11) is 0. The highest BCUT2D eigenvalue weighted by molar-refractivity contribution is 9.10. The summed E-state index contributed by atoms with van der Waals surface area (Å²) in [5, 5.41) is 5.09. The minimum Gasteiger partial charge on any atom is -0.360 e. The van der Waals surface area contributed by atoms with Gasteiger partial charge in [-0.3, -0.25) is 0 Å². The normalized spacial score (nSPS) is 11.0. The quantitative estimate of drug-likeness (QED) is 0.916. The Morgan fingerprint density at radius 2 is 2.29 bits per heavy atom. The van der Waals surface area contributed by atoms with Gasteiger partial charge in [-0.1, -0.05) is 11.2 Å². The van der Waals surface area contributed by atoms with Gasteiger partial charge in [-0.2, -0.15) is 0 Å². The molecule has 2 rings (SSSR count). The van der Waals surface area contributed by atoms with Crippen LogP contribution in [0.25, 0.3) is 10.9 Å². The molecule has 0 saturated heterocycles. The first-order valence-electron chi connectivity index (χ1n) is 4.56. The molecule has 0 bridgehead atoms. The average Bonchev–Trinajstić information content (AvgIpc) is 2.60. The number of fused-ring (bicyclic) bond motifs is 1. The SMILES string of the molecule is NCCCc1onc2c(Br)cccc12. The van der Waals surface area contributed by atoms with E-state index in [1.807, 2.05) is 18.2 Å². The zero-order chi connectivity index (χ0) is 9.97. The summed E-state index contributed by atoms with van der Waals surface area (Å²) in [6, 6.07) is 5.95. The van der Waals surface area contributed by atoms with Gasteiger partial charge in [0.2, 0.25) is 0 Å². The molecule has 1 aromatic carbocycles. The molecule has 2 aromatic rings. The summed E-state index contributed by atoms with van der Waals surface area (Å²) in [5.41, 5.74) is 6.34. The van der Waals surface area contributed by atoms with E-state index in [0.717, 1.165) is 34.0 Å². The molecule has 0 fully saturated rings. The number of benzene rings is 1. The number of rotatable bonds is 3. The summed E-state index contributed by atoms with van der Waals surface area (Å²) in [6.07, 6.45) is 1.78. The highest BCUT2D eigenvalue weighted by atomic mass is 79.9. The van der Waals surface area contributed by atoms with Gasteiger partial charge in [-0.25, -0.2) is 0 Å². The number of nitrogens with zero attached hydrogens (tertiary/aromatic N) is 1. The molecule has 2 N–H and O–H groups in total. The molecular formula is C10H11BrN2O. The summed E-state index contributed by atoms with van der Waals surface area (Å²) >= 11 is 3.43. The maximum atomic E-state index is 5.45. The third-order valence-electron chi connectivity index (χ3n) is 2.14. The fourth-order valence-electron chi connectivity index (χ4n) is 1.43. The Bertz CT molecular complexity index is 439. The second-order valence-electron chi connectivity index (χ2n) is 3.13. The third-order valence-corrected chi connectivity index (χ3v) is 2.78. The van der Waals surface area contributed by atoms with Crippen molar-refractivity contribution in [3.05, 3.63) is 28.4 Å². The van der Waals surface area contributed by atoms with E-state index in [0.29, 0.717) is 6.54 Å². The van der Waals surface area contributed by atoms with Gasteiger partial charge in [-0.15, -0.1) is 0 Å². The summed E-state index contributed by atoms with van der Waals surface area (Å²) in [4.78, 5) is 0. The van der Waals surface area contributed by atoms with Gasteiger partial charge in [0.15, 0.2) is 0 Å². The van der Waals surface area contributed by atoms with Crippen LogP contribution in [0.5, 0.6) is 0 Å². The van der Waals surface area contributed by atoms with Crippen molar-refractivity contribution in [1.82, 2.24) is 5.16 Å². The number of hydrogen-bond donors (Lipinski definition) is 1. The first-order chi connectivity index (χ1) is 6.83. The molecule has 0 spiro atoms. The van der Waals surface area contributed by atoms with Crippen molar-refractivity contribution in [2.75, 3.05) is 6.54 Å². The topological polar surface area (TPSA) is 52.0 Å². The van der Waals surface area contributed by atoms with Crippen molar-refractivity contribution >= 4 is 26.8 Å². The first kappa shape index (κ1) is 9.68. The van der Waals surface area contributed by atoms with Crippen LogP contribution in [0.3, 0.4) is 0 Å². The Hall–Kier alpha value is -0.870. The van der Waals surface area contributed by atoms with Gasteiger partial charge in [0.25, 0.3) is 0 Å². The molecule has 0 atom stereocenters.